The van der Waals surface area contributed by atoms with E-state index in [0.717, 1.165) is 34.6 Å². The van der Waals surface area contributed by atoms with Gasteiger partial charge in [-0.1, -0.05) is 35.9 Å². The first-order valence-corrected chi connectivity index (χ1v) is 9.80. The Morgan fingerprint density at radius 1 is 1.17 bits per heavy atom. The van der Waals surface area contributed by atoms with Crippen LogP contribution in [0.4, 0.5) is 0 Å². The average Bonchev–Trinajstić information content (AvgIpc) is 3.28. The fourth-order valence-electron chi connectivity index (χ4n) is 3.79. The fourth-order valence-corrected chi connectivity index (χ4v) is 3.92. The number of nitrogens with zero attached hydrogens (tertiary/aromatic N) is 2. The Balaban J connectivity index is 1.82. The number of nitrogens with one attached hydrogen (secondary N) is 1. The normalized spacial score (nSPS) is 15.6. The van der Waals surface area contributed by atoms with Crippen LogP contribution in [0.5, 0.6) is 5.75 Å². The number of H-pyrrole nitrogens is 1. The maximum Gasteiger partial charge on any atom is 0.273 e. The largest absolute Gasteiger partial charge is 0.497 e. The number of fused-ring (bicyclic) bond motifs is 1. The summed E-state index contributed by atoms with van der Waals surface area (Å²) in [4.78, 5) is 15.1. The van der Waals surface area contributed by atoms with E-state index in [1.165, 1.54) is 0 Å². The highest BCUT2D eigenvalue weighted by Crippen LogP contribution is 2.43. The Morgan fingerprint density at radius 3 is 2.69 bits per heavy atom. The molecule has 6 nitrogen and oxygen atoms in total. The first-order chi connectivity index (χ1) is 14.1. The molecule has 150 valence electrons. The van der Waals surface area contributed by atoms with E-state index in [1.807, 2.05) is 53.4 Å². The number of ether oxygens (including phenoxy) is 2. The zero-order valence-electron chi connectivity index (χ0n) is 16.3. The van der Waals surface area contributed by atoms with Gasteiger partial charge in [-0.2, -0.15) is 5.10 Å². The van der Waals surface area contributed by atoms with Crippen molar-refractivity contribution in [2.45, 2.75) is 12.5 Å². The van der Waals surface area contributed by atoms with Crippen molar-refractivity contribution in [1.29, 1.82) is 0 Å². The van der Waals surface area contributed by atoms with Crippen molar-refractivity contribution in [3.8, 4) is 17.0 Å². The van der Waals surface area contributed by atoms with E-state index in [0.29, 0.717) is 23.9 Å². The number of carbonyl (C=O) groups is 1. The van der Waals surface area contributed by atoms with Gasteiger partial charge in [0.25, 0.3) is 5.91 Å². The molecule has 0 spiro atoms. The molecule has 1 amide bonds. The van der Waals surface area contributed by atoms with Gasteiger partial charge < -0.3 is 14.4 Å². The summed E-state index contributed by atoms with van der Waals surface area (Å²) in [5.74, 6) is 0.688. The third-order valence-electron chi connectivity index (χ3n) is 5.14. The van der Waals surface area contributed by atoms with Gasteiger partial charge >= 0.3 is 0 Å². The van der Waals surface area contributed by atoms with Crippen molar-refractivity contribution in [2.75, 3.05) is 27.4 Å². The Bertz CT molecular complexity index is 1020. The van der Waals surface area contributed by atoms with Crippen LogP contribution in [0.2, 0.25) is 5.02 Å². The van der Waals surface area contributed by atoms with Gasteiger partial charge in [0, 0.05) is 36.4 Å². The zero-order chi connectivity index (χ0) is 20.4. The van der Waals surface area contributed by atoms with Crippen LogP contribution in [0.3, 0.4) is 0 Å². The van der Waals surface area contributed by atoms with Gasteiger partial charge in [-0.3, -0.25) is 9.89 Å². The number of hydrogen-bond donors (Lipinski definition) is 1. The lowest BCUT2D eigenvalue weighted by Gasteiger charge is -2.26. The molecule has 2 heterocycles. The third-order valence-corrected chi connectivity index (χ3v) is 5.39. The quantitative estimate of drug-likeness (QED) is 0.588. The number of aromatic nitrogens is 2. The predicted molar refractivity (Wildman–Crippen MR) is 111 cm³/mol. The van der Waals surface area contributed by atoms with E-state index in [2.05, 4.69) is 10.2 Å². The van der Waals surface area contributed by atoms with Crippen LogP contribution in [0.25, 0.3) is 11.3 Å². The summed E-state index contributed by atoms with van der Waals surface area (Å²) < 4.78 is 10.6. The Kier molecular flexibility index (Phi) is 5.56. The number of methoxy groups -OCH3 is 2. The number of amides is 1. The van der Waals surface area contributed by atoms with Gasteiger partial charge in [0.1, 0.15) is 11.4 Å². The van der Waals surface area contributed by atoms with Crippen LogP contribution < -0.4 is 4.74 Å². The second kappa shape index (κ2) is 8.27. The number of halogens is 1. The molecule has 1 atom stereocenters. The molecule has 29 heavy (non-hydrogen) atoms. The van der Waals surface area contributed by atoms with Gasteiger partial charge in [-0.05, 0) is 36.2 Å². The lowest BCUT2D eigenvalue weighted by Crippen LogP contribution is -2.31. The molecular weight excluding hydrogens is 390 g/mol. The molecule has 0 radical (unpaired) electrons. The Hall–Kier alpha value is -2.83. The molecule has 1 aliphatic rings. The number of carbonyl (C=O) groups excluding carboxylic acids is 1. The molecule has 0 aliphatic carbocycles. The first-order valence-electron chi connectivity index (χ1n) is 9.42. The SMILES string of the molecule is COCCCN1C(=O)c2[nH]nc(-c3ccc(Cl)cc3)c2C1c1cccc(OC)c1. The lowest BCUT2D eigenvalue weighted by atomic mass is 9.96. The van der Waals surface area contributed by atoms with Crippen molar-refractivity contribution in [2.24, 2.45) is 0 Å². The fraction of sp³-hybridized carbons (Fsp3) is 0.273. The van der Waals surface area contributed by atoms with Gasteiger partial charge in [-0.25, -0.2) is 0 Å². The van der Waals surface area contributed by atoms with E-state index in [-0.39, 0.29) is 11.9 Å². The van der Waals surface area contributed by atoms with Crippen LogP contribution >= 0.6 is 11.6 Å². The highest BCUT2D eigenvalue weighted by Gasteiger charge is 2.41. The van der Waals surface area contributed by atoms with Crippen LogP contribution in [0, 0.1) is 0 Å². The summed E-state index contributed by atoms with van der Waals surface area (Å²) in [6.45, 7) is 1.17. The minimum absolute atomic E-state index is 0.0587. The average molecular weight is 412 g/mol. The summed E-state index contributed by atoms with van der Waals surface area (Å²) in [5, 5.41) is 8.08. The molecule has 0 saturated carbocycles. The smallest absolute Gasteiger partial charge is 0.273 e. The molecule has 3 aromatic rings. The van der Waals surface area contributed by atoms with Crippen molar-refractivity contribution in [1.82, 2.24) is 15.1 Å². The highest BCUT2D eigenvalue weighted by atomic mass is 35.5. The van der Waals surface area contributed by atoms with Crippen LogP contribution in [0.15, 0.2) is 48.5 Å². The second-order valence-corrected chi connectivity index (χ2v) is 7.33. The summed E-state index contributed by atoms with van der Waals surface area (Å²) >= 11 is 6.05. The van der Waals surface area contributed by atoms with Crippen LogP contribution in [-0.2, 0) is 4.74 Å². The Morgan fingerprint density at radius 2 is 1.97 bits per heavy atom. The Labute approximate surface area is 174 Å². The molecule has 7 heteroatoms. The second-order valence-electron chi connectivity index (χ2n) is 6.89. The molecule has 4 rings (SSSR count). The maximum atomic E-state index is 13.2. The molecule has 1 unspecified atom stereocenters. The lowest BCUT2D eigenvalue weighted by molar-refractivity contribution is 0.0723. The molecule has 1 N–H and O–H groups in total. The first kappa shape index (κ1) is 19.5. The predicted octanol–water partition coefficient (Wildman–Crippen LogP) is 4.32. The van der Waals surface area contributed by atoms with Crippen molar-refractivity contribution >= 4 is 17.5 Å². The topological polar surface area (TPSA) is 67.5 Å². The minimum atomic E-state index is -0.256. The molecule has 0 fully saturated rings. The standard InChI is InChI=1S/C22H22ClN3O3/c1-28-12-4-11-26-21(15-5-3-6-17(13-15)29-2)18-19(24-25-20(18)22(26)27)14-7-9-16(23)10-8-14/h3,5-10,13,21H,4,11-12H2,1-2H3,(H,24,25). The van der Waals surface area contributed by atoms with Gasteiger partial charge in [0.15, 0.2) is 0 Å². The van der Waals surface area contributed by atoms with Gasteiger partial charge in [-0.15, -0.1) is 0 Å². The van der Waals surface area contributed by atoms with E-state index in [4.69, 9.17) is 21.1 Å². The summed E-state index contributed by atoms with van der Waals surface area (Å²) in [5.41, 5.74) is 4.05. The molecule has 1 aliphatic heterocycles. The summed E-state index contributed by atoms with van der Waals surface area (Å²) in [7, 11) is 3.30. The number of hydrogen-bond acceptors (Lipinski definition) is 4. The van der Waals surface area contributed by atoms with Gasteiger partial charge in [0.2, 0.25) is 0 Å². The minimum Gasteiger partial charge on any atom is -0.497 e. The van der Waals surface area contributed by atoms with E-state index in [1.54, 1.807) is 14.2 Å². The number of benzene rings is 2. The van der Waals surface area contributed by atoms with Crippen LogP contribution in [-0.4, -0.2) is 48.4 Å². The number of aromatic amines is 1. The van der Waals surface area contributed by atoms with Crippen molar-refractivity contribution in [3.05, 3.63) is 70.4 Å². The molecule has 1 aromatic heterocycles. The summed E-state index contributed by atoms with van der Waals surface area (Å²) in [6, 6.07) is 15.0. The monoisotopic (exact) mass is 411 g/mol. The zero-order valence-corrected chi connectivity index (χ0v) is 17.1. The van der Waals surface area contributed by atoms with E-state index >= 15 is 0 Å². The van der Waals surface area contributed by atoms with E-state index in [9.17, 15) is 4.79 Å². The van der Waals surface area contributed by atoms with Crippen molar-refractivity contribution < 1.29 is 14.3 Å². The molecular formula is C22H22ClN3O3. The molecule has 0 bridgehead atoms. The summed E-state index contributed by atoms with van der Waals surface area (Å²) in [6.07, 6.45) is 0.747. The maximum absolute atomic E-state index is 13.2. The third kappa shape index (κ3) is 3.61. The number of rotatable bonds is 7. The highest BCUT2D eigenvalue weighted by molar-refractivity contribution is 6.30. The van der Waals surface area contributed by atoms with Crippen molar-refractivity contribution in [3.63, 3.8) is 0 Å². The van der Waals surface area contributed by atoms with E-state index < -0.39 is 0 Å². The molecule has 0 saturated heterocycles. The molecule has 2 aromatic carbocycles. The van der Waals surface area contributed by atoms with Gasteiger partial charge in [0.05, 0.1) is 18.8 Å². The van der Waals surface area contributed by atoms with Crippen LogP contribution in [0.1, 0.15) is 34.1 Å².